The molecule has 0 saturated carbocycles. The summed E-state index contributed by atoms with van der Waals surface area (Å²) in [5.74, 6) is 0. The number of pyridine rings is 1. The van der Waals surface area contributed by atoms with E-state index in [0.717, 1.165) is 15.5 Å². The third kappa shape index (κ3) is 3.20. The molecular formula is C14H10N2S. The topological polar surface area (TPSA) is 36.7 Å². The first-order valence-corrected chi connectivity index (χ1v) is 5.96. The average Bonchev–Trinajstić information content (AvgIpc) is 2.40. The molecule has 0 amide bonds. The maximum atomic E-state index is 8.82. The second-order valence-corrected chi connectivity index (χ2v) is 4.34. The Labute approximate surface area is 105 Å². The maximum absolute atomic E-state index is 8.82. The van der Waals surface area contributed by atoms with Crippen molar-refractivity contribution in [3.63, 3.8) is 0 Å². The summed E-state index contributed by atoms with van der Waals surface area (Å²) in [7, 11) is 0. The fourth-order valence-electron chi connectivity index (χ4n) is 1.35. The van der Waals surface area contributed by atoms with Crippen molar-refractivity contribution in [1.82, 2.24) is 4.98 Å². The van der Waals surface area contributed by atoms with Gasteiger partial charge in [-0.1, -0.05) is 48.2 Å². The van der Waals surface area contributed by atoms with Crippen molar-refractivity contribution >= 4 is 16.7 Å². The van der Waals surface area contributed by atoms with Gasteiger partial charge in [0.1, 0.15) is 5.03 Å². The van der Waals surface area contributed by atoms with Crippen LogP contribution in [-0.4, -0.2) is 4.98 Å². The van der Waals surface area contributed by atoms with E-state index in [9.17, 15) is 0 Å². The van der Waals surface area contributed by atoms with Gasteiger partial charge in [0, 0.05) is 17.2 Å². The van der Waals surface area contributed by atoms with E-state index < -0.39 is 0 Å². The van der Waals surface area contributed by atoms with Crippen LogP contribution in [0, 0.1) is 11.3 Å². The lowest BCUT2D eigenvalue weighted by Crippen LogP contribution is -1.82. The molecule has 0 unspecified atom stereocenters. The van der Waals surface area contributed by atoms with Crippen molar-refractivity contribution in [3.8, 4) is 6.07 Å². The van der Waals surface area contributed by atoms with Gasteiger partial charge >= 0.3 is 0 Å². The first kappa shape index (κ1) is 11.4. The monoisotopic (exact) mass is 238 g/mol. The summed E-state index contributed by atoms with van der Waals surface area (Å²) in [6.45, 7) is 0. The first-order valence-electron chi connectivity index (χ1n) is 5.14. The third-order valence-electron chi connectivity index (χ3n) is 2.11. The standard InChI is InChI=1S/C14H10N2S/c15-10-9-13(12-6-2-1-3-7-12)17-14-8-4-5-11-16-14/h1-9,11H/b13-9-. The molecule has 0 saturated heterocycles. The van der Waals surface area contributed by atoms with Crippen LogP contribution in [0.3, 0.4) is 0 Å². The molecule has 3 heteroatoms. The lowest BCUT2D eigenvalue weighted by Gasteiger charge is -2.04. The molecule has 1 heterocycles. The predicted octanol–water partition coefficient (Wildman–Crippen LogP) is 3.74. The Morgan fingerprint density at radius 1 is 1.12 bits per heavy atom. The number of hydrogen-bond donors (Lipinski definition) is 0. The van der Waals surface area contributed by atoms with E-state index in [1.807, 2.05) is 48.5 Å². The minimum atomic E-state index is 0.887. The highest BCUT2D eigenvalue weighted by Gasteiger charge is 2.04. The number of hydrogen-bond acceptors (Lipinski definition) is 3. The zero-order chi connectivity index (χ0) is 11.9. The number of nitriles is 1. The molecule has 0 aliphatic rings. The number of nitrogens with zero attached hydrogens (tertiary/aromatic N) is 2. The number of thioether (sulfide) groups is 1. The molecule has 2 nitrogen and oxygen atoms in total. The molecule has 1 aromatic heterocycles. The molecular weight excluding hydrogens is 228 g/mol. The largest absolute Gasteiger partial charge is 0.250 e. The second-order valence-electron chi connectivity index (χ2n) is 3.27. The van der Waals surface area contributed by atoms with Crippen LogP contribution in [0.4, 0.5) is 0 Å². The summed E-state index contributed by atoms with van der Waals surface area (Å²) in [6, 6.07) is 17.7. The lowest BCUT2D eigenvalue weighted by molar-refractivity contribution is 1.14. The molecule has 17 heavy (non-hydrogen) atoms. The van der Waals surface area contributed by atoms with Gasteiger partial charge in [0.25, 0.3) is 0 Å². The highest BCUT2D eigenvalue weighted by Crippen LogP contribution is 2.32. The molecule has 0 aliphatic heterocycles. The Bertz CT molecular complexity index is 541. The van der Waals surface area contributed by atoms with Crippen molar-refractivity contribution in [2.24, 2.45) is 0 Å². The van der Waals surface area contributed by atoms with E-state index in [4.69, 9.17) is 5.26 Å². The molecule has 0 fully saturated rings. The molecule has 2 rings (SSSR count). The van der Waals surface area contributed by atoms with Crippen LogP contribution in [0.15, 0.2) is 65.8 Å². The molecule has 0 spiro atoms. The van der Waals surface area contributed by atoms with Gasteiger partial charge in [-0.05, 0) is 17.7 Å². The van der Waals surface area contributed by atoms with Gasteiger partial charge < -0.3 is 0 Å². The summed E-state index contributed by atoms with van der Waals surface area (Å²) in [6.07, 6.45) is 3.30. The van der Waals surface area contributed by atoms with Crippen molar-refractivity contribution in [2.45, 2.75) is 5.03 Å². The van der Waals surface area contributed by atoms with Crippen molar-refractivity contribution < 1.29 is 0 Å². The highest BCUT2D eigenvalue weighted by molar-refractivity contribution is 8.08. The Morgan fingerprint density at radius 3 is 2.53 bits per heavy atom. The van der Waals surface area contributed by atoms with Crippen LogP contribution in [0.2, 0.25) is 0 Å². The molecule has 1 aromatic carbocycles. The normalized spacial score (nSPS) is 10.9. The zero-order valence-electron chi connectivity index (χ0n) is 9.08. The number of rotatable bonds is 3. The van der Waals surface area contributed by atoms with Gasteiger partial charge in [0.05, 0.1) is 6.07 Å². The fraction of sp³-hybridized carbons (Fsp3) is 0. The molecule has 2 aromatic rings. The van der Waals surface area contributed by atoms with Crippen molar-refractivity contribution in [2.75, 3.05) is 0 Å². The third-order valence-corrected chi connectivity index (χ3v) is 3.13. The van der Waals surface area contributed by atoms with Gasteiger partial charge in [-0.25, -0.2) is 4.98 Å². The van der Waals surface area contributed by atoms with Crippen LogP contribution in [-0.2, 0) is 0 Å². The minimum absolute atomic E-state index is 0.887. The summed E-state index contributed by atoms with van der Waals surface area (Å²) in [5, 5.41) is 9.70. The Hall–Kier alpha value is -2.05. The van der Waals surface area contributed by atoms with E-state index in [-0.39, 0.29) is 0 Å². The van der Waals surface area contributed by atoms with E-state index in [1.165, 1.54) is 11.8 Å². The first-order chi connectivity index (χ1) is 8.40. The van der Waals surface area contributed by atoms with Gasteiger partial charge in [-0.15, -0.1) is 0 Å². The Kier molecular flexibility index (Phi) is 3.95. The molecule has 0 radical (unpaired) electrons. The van der Waals surface area contributed by atoms with Gasteiger partial charge in [-0.3, -0.25) is 0 Å². The molecule has 0 bridgehead atoms. The fourth-order valence-corrected chi connectivity index (χ4v) is 2.20. The molecule has 0 aliphatic carbocycles. The van der Waals surface area contributed by atoms with Crippen LogP contribution in [0.25, 0.3) is 4.91 Å². The molecule has 82 valence electrons. The number of aromatic nitrogens is 1. The van der Waals surface area contributed by atoms with E-state index in [0.29, 0.717) is 0 Å². The second kappa shape index (κ2) is 5.88. The van der Waals surface area contributed by atoms with Gasteiger partial charge in [0.15, 0.2) is 0 Å². The van der Waals surface area contributed by atoms with E-state index in [1.54, 1.807) is 12.3 Å². The van der Waals surface area contributed by atoms with Crippen molar-refractivity contribution in [3.05, 3.63) is 66.4 Å². The average molecular weight is 238 g/mol. The SMILES string of the molecule is N#C/C=C(\Sc1ccccn1)c1ccccc1. The summed E-state index contributed by atoms with van der Waals surface area (Å²) >= 11 is 1.49. The Balaban J connectivity index is 2.27. The van der Waals surface area contributed by atoms with E-state index in [2.05, 4.69) is 11.1 Å². The van der Waals surface area contributed by atoms with Crippen LogP contribution in [0.5, 0.6) is 0 Å². The number of allylic oxidation sites excluding steroid dienone is 1. The van der Waals surface area contributed by atoms with Gasteiger partial charge in [0.2, 0.25) is 0 Å². The molecule has 0 atom stereocenters. The zero-order valence-corrected chi connectivity index (χ0v) is 9.89. The van der Waals surface area contributed by atoms with Crippen LogP contribution < -0.4 is 0 Å². The van der Waals surface area contributed by atoms with Crippen molar-refractivity contribution in [1.29, 1.82) is 5.26 Å². The van der Waals surface area contributed by atoms with Crippen LogP contribution in [0.1, 0.15) is 5.56 Å². The maximum Gasteiger partial charge on any atom is 0.101 e. The summed E-state index contributed by atoms with van der Waals surface area (Å²) in [5.41, 5.74) is 1.03. The van der Waals surface area contributed by atoms with Gasteiger partial charge in [-0.2, -0.15) is 5.26 Å². The Morgan fingerprint density at radius 2 is 1.88 bits per heavy atom. The minimum Gasteiger partial charge on any atom is -0.250 e. The quantitative estimate of drug-likeness (QED) is 0.603. The smallest absolute Gasteiger partial charge is 0.101 e. The summed E-state index contributed by atoms with van der Waals surface area (Å²) < 4.78 is 0. The predicted molar refractivity (Wildman–Crippen MR) is 70.1 cm³/mol. The van der Waals surface area contributed by atoms with E-state index >= 15 is 0 Å². The van der Waals surface area contributed by atoms with Crippen LogP contribution >= 0.6 is 11.8 Å². The number of benzene rings is 1. The summed E-state index contributed by atoms with van der Waals surface area (Å²) in [4.78, 5) is 5.15. The molecule has 0 N–H and O–H groups in total. The lowest BCUT2D eigenvalue weighted by atomic mass is 10.2. The highest BCUT2D eigenvalue weighted by atomic mass is 32.2.